The van der Waals surface area contributed by atoms with Crippen molar-refractivity contribution in [2.24, 2.45) is 0 Å². The minimum atomic E-state index is -0.221. The van der Waals surface area contributed by atoms with Crippen LogP contribution in [-0.2, 0) is 6.54 Å². The molecule has 1 aliphatic rings. The first-order chi connectivity index (χ1) is 14.2. The maximum absolute atomic E-state index is 9.36. The third-order valence-electron chi connectivity index (χ3n) is 5.34. The summed E-state index contributed by atoms with van der Waals surface area (Å²) in [6.07, 6.45) is 1.55. The summed E-state index contributed by atoms with van der Waals surface area (Å²) in [6.45, 7) is 0.238. The molecule has 2 heterocycles. The topological polar surface area (TPSA) is 71.1 Å². The van der Waals surface area contributed by atoms with Crippen LogP contribution in [0.5, 0.6) is 11.6 Å². The number of fused-ring (bicyclic) bond motifs is 4. The van der Waals surface area contributed by atoms with Crippen LogP contribution in [0.4, 0.5) is 0 Å². The summed E-state index contributed by atoms with van der Waals surface area (Å²) >= 11 is 6.12. The molecule has 0 radical (unpaired) electrons. The molecule has 4 aromatic rings. The highest BCUT2D eigenvalue weighted by Crippen LogP contribution is 2.47. The van der Waals surface area contributed by atoms with Gasteiger partial charge in [-0.1, -0.05) is 60.1 Å². The van der Waals surface area contributed by atoms with E-state index in [4.69, 9.17) is 21.7 Å². The lowest BCUT2D eigenvalue weighted by molar-refractivity contribution is 0.271. The molecule has 5 rings (SSSR count). The third kappa shape index (κ3) is 2.90. The van der Waals surface area contributed by atoms with Crippen LogP contribution in [0.25, 0.3) is 10.8 Å². The molecule has 0 bridgehead atoms. The average Bonchev–Trinajstić information content (AvgIpc) is 2.75. The summed E-state index contributed by atoms with van der Waals surface area (Å²) in [4.78, 5) is 4.48. The van der Waals surface area contributed by atoms with Crippen molar-refractivity contribution in [1.29, 1.82) is 5.41 Å². The molecule has 3 aromatic carbocycles. The molecule has 1 atom stereocenters. The lowest BCUT2D eigenvalue weighted by Gasteiger charge is -2.29. The Bertz CT molecular complexity index is 1280. The molecule has 1 unspecified atom stereocenters. The molecule has 0 amide bonds. The summed E-state index contributed by atoms with van der Waals surface area (Å²) < 4.78 is 7.88. The number of nitrogens with zero attached hydrogens (tertiary/aromatic N) is 2. The summed E-state index contributed by atoms with van der Waals surface area (Å²) in [7, 11) is 0. The average molecular weight is 404 g/mol. The van der Waals surface area contributed by atoms with Crippen molar-refractivity contribution in [3.8, 4) is 11.6 Å². The summed E-state index contributed by atoms with van der Waals surface area (Å²) in [5.41, 5.74) is 2.96. The van der Waals surface area contributed by atoms with Gasteiger partial charge in [0.15, 0.2) is 0 Å². The van der Waals surface area contributed by atoms with E-state index in [2.05, 4.69) is 23.2 Å². The van der Waals surface area contributed by atoms with Crippen LogP contribution in [0.15, 0.2) is 67.0 Å². The second-order valence-corrected chi connectivity index (χ2v) is 7.46. The summed E-state index contributed by atoms with van der Waals surface area (Å²) in [6, 6.07) is 19.9. The van der Waals surface area contributed by atoms with E-state index in [1.807, 2.05) is 42.5 Å². The van der Waals surface area contributed by atoms with E-state index in [1.165, 1.54) is 0 Å². The first-order valence-corrected chi connectivity index (χ1v) is 9.75. The normalized spacial score (nSPS) is 14.9. The predicted octanol–water partition coefficient (Wildman–Crippen LogP) is 4.45. The van der Waals surface area contributed by atoms with Gasteiger partial charge in [0.25, 0.3) is 0 Å². The number of benzene rings is 3. The van der Waals surface area contributed by atoms with Crippen molar-refractivity contribution in [2.45, 2.75) is 12.5 Å². The largest absolute Gasteiger partial charge is 0.438 e. The van der Waals surface area contributed by atoms with Crippen LogP contribution < -0.4 is 10.2 Å². The first-order valence-electron chi connectivity index (χ1n) is 9.37. The highest BCUT2D eigenvalue weighted by molar-refractivity contribution is 6.30. The molecular weight excluding hydrogens is 386 g/mol. The number of nitrogens with one attached hydrogen (secondary N) is 1. The van der Waals surface area contributed by atoms with Gasteiger partial charge in [-0.15, -0.1) is 0 Å². The Labute approximate surface area is 172 Å². The van der Waals surface area contributed by atoms with Crippen LogP contribution >= 0.6 is 11.6 Å². The number of hydrogen-bond donors (Lipinski definition) is 2. The second kappa shape index (κ2) is 7.03. The van der Waals surface area contributed by atoms with Gasteiger partial charge in [0.1, 0.15) is 17.6 Å². The Hall–Kier alpha value is -3.15. The zero-order valence-electron chi connectivity index (χ0n) is 15.5. The summed E-state index contributed by atoms with van der Waals surface area (Å²) in [5, 5.41) is 20.9. The van der Waals surface area contributed by atoms with Gasteiger partial charge in [0.2, 0.25) is 5.88 Å². The highest BCUT2D eigenvalue weighted by atomic mass is 35.5. The van der Waals surface area contributed by atoms with Crippen LogP contribution in [-0.4, -0.2) is 21.3 Å². The minimum Gasteiger partial charge on any atom is -0.438 e. The zero-order valence-corrected chi connectivity index (χ0v) is 16.2. The fourth-order valence-corrected chi connectivity index (χ4v) is 4.10. The summed E-state index contributed by atoms with van der Waals surface area (Å²) in [5.74, 6) is 0.970. The Balaban J connectivity index is 1.82. The first kappa shape index (κ1) is 17.9. The van der Waals surface area contributed by atoms with E-state index in [0.717, 1.165) is 27.6 Å². The predicted molar refractivity (Wildman–Crippen MR) is 112 cm³/mol. The van der Waals surface area contributed by atoms with Crippen molar-refractivity contribution < 1.29 is 9.84 Å². The van der Waals surface area contributed by atoms with Gasteiger partial charge >= 0.3 is 0 Å². The number of ether oxygens (including phenoxy) is 1. The number of halogens is 1. The SMILES string of the molecule is N=c1c2c(ncn1CCO)Oc1c(ccc3ccccc13)C2c1ccc(Cl)cc1. The van der Waals surface area contributed by atoms with Gasteiger partial charge < -0.3 is 14.4 Å². The molecule has 29 heavy (non-hydrogen) atoms. The number of aliphatic hydroxyl groups excluding tert-OH is 1. The molecule has 6 heteroatoms. The second-order valence-electron chi connectivity index (χ2n) is 7.02. The molecule has 144 valence electrons. The molecule has 0 spiro atoms. The molecule has 2 N–H and O–H groups in total. The van der Waals surface area contributed by atoms with E-state index in [1.54, 1.807) is 10.9 Å². The van der Waals surface area contributed by atoms with Crippen molar-refractivity contribution in [2.75, 3.05) is 6.61 Å². The van der Waals surface area contributed by atoms with E-state index in [9.17, 15) is 5.11 Å². The standard InChI is InChI=1S/C23H18ClN3O2/c24-16-8-5-15(6-9-16)19-18-10-7-14-3-1-2-4-17(14)21(18)29-23-20(19)22(25)27(11-12-28)13-26-23/h1-10,13,19,25,28H,11-12H2. The van der Waals surface area contributed by atoms with Gasteiger partial charge in [-0.05, 0) is 23.1 Å². The minimum absolute atomic E-state index is 0.0648. The third-order valence-corrected chi connectivity index (χ3v) is 5.59. The molecule has 1 aromatic heterocycles. The molecular formula is C23H18ClN3O2. The monoisotopic (exact) mass is 403 g/mol. The van der Waals surface area contributed by atoms with E-state index in [0.29, 0.717) is 23.0 Å². The van der Waals surface area contributed by atoms with Crippen LogP contribution in [0.3, 0.4) is 0 Å². The van der Waals surface area contributed by atoms with E-state index in [-0.39, 0.29) is 18.0 Å². The lowest BCUT2D eigenvalue weighted by atomic mass is 9.83. The highest BCUT2D eigenvalue weighted by Gasteiger charge is 2.33. The quantitative estimate of drug-likeness (QED) is 0.467. The molecule has 0 saturated heterocycles. The van der Waals surface area contributed by atoms with Crippen LogP contribution in [0.1, 0.15) is 22.6 Å². The van der Waals surface area contributed by atoms with Gasteiger partial charge in [0, 0.05) is 28.4 Å². The van der Waals surface area contributed by atoms with Crippen molar-refractivity contribution in [3.63, 3.8) is 0 Å². The molecule has 0 aliphatic carbocycles. The Kier molecular flexibility index (Phi) is 4.34. The number of aromatic nitrogens is 2. The van der Waals surface area contributed by atoms with Crippen molar-refractivity contribution in [3.05, 3.63) is 94.2 Å². The van der Waals surface area contributed by atoms with E-state index >= 15 is 0 Å². The number of aliphatic hydroxyl groups is 1. The maximum Gasteiger partial charge on any atom is 0.228 e. The van der Waals surface area contributed by atoms with Gasteiger partial charge in [-0.25, -0.2) is 4.98 Å². The fraction of sp³-hybridized carbons (Fsp3) is 0.130. The van der Waals surface area contributed by atoms with Crippen LogP contribution in [0.2, 0.25) is 5.02 Å². The fourth-order valence-electron chi connectivity index (χ4n) is 3.98. The molecule has 1 aliphatic heterocycles. The van der Waals surface area contributed by atoms with Crippen molar-refractivity contribution >= 4 is 22.4 Å². The smallest absolute Gasteiger partial charge is 0.228 e. The molecule has 0 fully saturated rings. The Morgan fingerprint density at radius 2 is 1.86 bits per heavy atom. The lowest BCUT2D eigenvalue weighted by Crippen LogP contribution is -2.30. The van der Waals surface area contributed by atoms with Crippen LogP contribution in [0, 0.1) is 5.41 Å². The number of hydrogen-bond acceptors (Lipinski definition) is 4. The van der Waals surface area contributed by atoms with Gasteiger partial charge in [-0.3, -0.25) is 5.41 Å². The van der Waals surface area contributed by atoms with Gasteiger partial charge in [0.05, 0.1) is 12.2 Å². The molecule has 0 saturated carbocycles. The van der Waals surface area contributed by atoms with E-state index < -0.39 is 0 Å². The Morgan fingerprint density at radius 1 is 1.07 bits per heavy atom. The zero-order chi connectivity index (χ0) is 20.0. The Morgan fingerprint density at radius 3 is 2.66 bits per heavy atom. The number of rotatable bonds is 3. The van der Waals surface area contributed by atoms with Crippen molar-refractivity contribution in [1.82, 2.24) is 9.55 Å². The molecule has 5 nitrogen and oxygen atoms in total. The maximum atomic E-state index is 9.36. The van der Waals surface area contributed by atoms with Gasteiger partial charge in [-0.2, -0.15) is 0 Å².